The lowest BCUT2D eigenvalue weighted by Crippen LogP contribution is -2.51. The molecule has 0 unspecified atom stereocenters. The maximum Gasteiger partial charge on any atom is 0.124 e. The van der Waals surface area contributed by atoms with Crippen LogP contribution in [0.3, 0.4) is 0 Å². The zero-order chi connectivity index (χ0) is 14.9. The first-order valence-corrected chi connectivity index (χ1v) is 7.61. The number of benzene rings is 2. The molecule has 0 bridgehead atoms. The van der Waals surface area contributed by atoms with E-state index in [0.29, 0.717) is 0 Å². The molecule has 1 saturated carbocycles. The van der Waals surface area contributed by atoms with Gasteiger partial charge in [-0.1, -0.05) is 79.2 Å². The highest BCUT2D eigenvalue weighted by molar-refractivity contribution is 5.43. The largest absolute Gasteiger partial charge is 0.379 e. The van der Waals surface area contributed by atoms with Crippen LogP contribution in [-0.2, 0) is 5.60 Å². The van der Waals surface area contributed by atoms with Crippen LogP contribution in [0.5, 0.6) is 0 Å². The van der Waals surface area contributed by atoms with E-state index in [-0.39, 0.29) is 5.41 Å². The normalized spacial score (nSPS) is 17.0. The van der Waals surface area contributed by atoms with E-state index in [1.165, 1.54) is 0 Å². The van der Waals surface area contributed by atoms with E-state index in [9.17, 15) is 5.11 Å². The number of aliphatic hydroxyl groups is 1. The van der Waals surface area contributed by atoms with Crippen molar-refractivity contribution in [1.29, 1.82) is 0 Å². The first kappa shape index (κ1) is 14.1. The summed E-state index contributed by atoms with van der Waals surface area (Å²) in [6.07, 6.45) is 3.13. The summed E-state index contributed by atoms with van der Waals surface area (Å²) in [5.74, 6) is 0. The van der Waals surface area contributed by atoms with Gasteiger partial charge in [-0.25, -0.2) is 0 Å². The summed E-state index contributed by atoms with van der Waals surface area (Å²) >= 11 is 0. The molecule has 1 heteroatoms. The second-order valence-corrected chi connectivity index (χ2v) is 6.16. The molecule has 1 aliphatic carbocycles. The van der Waals surface area contributed by atoms with Gasteiger partial charge in [0.2, 0.25) is 0 Å². The Morgan fingerprint density at radius 3 is 1.67 bits per heavy atom. The standard InChI is InChI=1S/C20H22O/c1-16(2)19(14-9-15-19)20(21,17-10-5-3-6-11-17)18-12-7-4-8-13-18/h3-8,10-13,21H,1,9,14-15H2,2H3. The summed E-state index contributed by atoms with van der Waals surface area (Å²) in [7, 11) is 0. The molecular weight excluding hydrogens is 256 g/mol. The predicted octanol–water partition coefficient (Wildman–Crippen LogP) is 4.67. The molecule has 0 aromatic heterocycles. The third-order valence-corrected chi connectivity index (χ3v) is 5.10. The minimum absolute atomic E-state index is 0.254. The van der Waals surface area contributed by atoms with Gasteiger partial charge < -0.3 is 5.11 Å². The summed E-state index contributed by atoms with van der Waals surface area (Å²) in [4.78, 5) is 0. The minimum atomic E-state index is -1.00. The van der Waals surface area contributed by atoms with Crippen molar-refractivity contribution in [3.63, 3.8) is 0 Å². The van der Waals surface area contributed by atoms with Gasteiger partial charge in [0.05, 0.1) is 0 Å². The lowest BCUT2D eigenvalue weighted by atomic mass is 9.52. The summed E-state index contributed by atoms with van der Waals surface area (Å²) in [5, 5.41) is 11.8. The third kappa shape index (κ3) is 1.96. The zero-order valence-electron chi connectivity index (χ0n) is 12.5. The van der Waals surface area contributed by atoms with Gasteiger partial charge >= 0.3 is 0 Å². The van der Waals surface area contributed by atoms with E-state index in [4.69, 9.17) is 0 Å². The SMILES string of the molecule is C=C(C)C1(C(O)(c2ccccc2)c2ccccc2)CCC1. The van der Waals surface area contributed by atoms with Crippen LogP contribution in [0.1, 0.15) is 37.3 Å². The first-order valence-electron chi connectivity index (χ1n) is 7.61. The van der Waals surface area contributed by atoms with Crippen molar-refractivity contribution < 1.29 is 5.11 Å². The van der Waals surface area contributed by atoms with Crippen LogP contribution < -0.4 is 0 Å². The highest BCUT2D eigenvalue weighted by Gasteiger charge is 2.56. The molecule has 0 heterocycles. The first-order chi connectivity index (χ1) is 10.1. The molecular formula is C20H22O. The highest BCUT2D eigenvalue weighted by Crippen LogP contribution is 2.60. The van der Waals surface area contributed by atoms with Gasteiger partial charge in [0.15, 0.2) is 0 Å². The van der Waals surface area contributed by atoms with Crippen LogP contribution in [0, 0.1) is 5.41 Å². The maximum absolute atomic E-state index is 11.8. The number of rotatable bonds is 4. The van der Waals surface area contributed by atoms with E-state index in [0.717, 1.165) is 36.0 Å². The molecule has 21 heavy (non-hydrogen) atoms. The average molecular weight is 278 g/mol. The van der Waals surface area contributed by atoms with E-state index < -0.39 is 5.60 Å². The summed E-state index contributed by atoms with van der Waals surface area (Å²) in [6.45, 7) is 6.26. The van der Waals surface area contributed by atoms with Crippen molar-refractivity contribution >= 4 is 0 Å². The smallest absolute Gasteiger partial charge is 0.124 e. The Kier molecular flexibility index (Phi) is 3.46. The Balaban J connectivity index is 2.23. The molecule has 0 amide bonds. The van der Waals surface area contributed by atoms with Gasteiger partial charge in [-0.15, -0.1) is 0 Å². The van der Waals surface area contributed by atoms with E-state index in [1.54, 1.807) is 0 Å². The van der Waals surface area contributed by atoms with Gasteiger partial charge in [0.25, 0.3) is 0 Å². The highest BCUT2D eigenvalue weighted by atomic mass is 16.3. The van der Waals surface area contributed by atoms with Crippen molar-refractivity contribution in [2.75, 3.05) is 0 Å². The summed E-state index contributed by atoms with van der Waals surface area (Å²) < 4.78 is 0. The second-order valence-electron chi connectivity index (χ2n) is 6.16. The van der Waals surface area contributed by atoms with Crippen LogP contribution in [0.15, 0.2) is 72.8 Å². The third-order valence-electron chi connectivity index (χ3n) is 5.10. The van der Waals surface area contributed by atoms with E-state index in [1.807, 2.05) is 60.7 Å². The van der Waals surface area contributed by atoms with Crippen LogP contribution >= 0.6 is 0 Å². The van der Waals surface area contributed by atoms with Gasteiger partial charge in [-0.05, 0) is 30.9 Å². The molecule has 0 aliphatic heterocycles. The molecule has 1 aliphatic rings. The molecule has 108 valence electrons. The quantitative estimate of drug-likeness (QED) is 0.806. The fraction of sp³-hybridized carbons (Fsp3) is 0.300. The number of hydrogen-bond acceptors (Lipinski definition) is 1. The lowest BCUT2D eigenvalue weighted by molar-refractivity contribution is -0.0801. The Morgan fingerprint density at radius 1 is 0.952 bits per heavy atom. The van der Waals surface area contributed by atoms with Crippen molar-refractivity contribution in [1.82, 2.24) is 0 Å². The Morgan fingerprint density at radius 2 is 1.38 bits per heavy atom. The van der Waals surface area contributed by atoms with E-state index >= 15 is 0 Å². The zero-order valence-corrected chi connectivity index (χ0v) is 12.5. The molecule has 1 N–H and O–H groups in total. The topological polar surface area (TPSA) is 20.2 Å². The Labute approximate surface area is 127 Å². The summed E-state index contributed by atoms with van der Waals surface area (Å²) in [6, 6.07) is 20.1. The second kappa shape index (κ2) is 5.16. The van der Waals surface area contributed by atoms with E-state index in [2.05, 4.69) is 13.5 Å². The van der Waals surface area contributed by atoms with Gasteiger partial charge in [-0.2, -0.15) is 0 Å². The molecule has 2 aromatic rings. The van der Waals surface area contributed by atoms with Crippen LogP contribution in [0.25, 0.3) is 0 Å². The molecule has 2 aromatic carbocycles. The van der Waals surface area contributed by atoms with Crippen molar-refractivity contribution in [3.8, 4) is 0 Å². The van der Waals surface area contributed by atoms with Crippen molar-refractivity contribution in [2.24, 2.45) is 5.41 Å². The van der Waals surface area contributed by atoms with Gasteiger partial charge in [-0.3, -0.25) is 0 Å². The van der Waals surface area contributed by atoms with Crippen LogP contribution in [-0.4, -0.2) is 5.11 Å². The lowest BCUT2D eigenvalue weighted by Gasteiger charge is -2.54. The molecule has 0 radical (unpaired) electrons. The predicted molar refractivity (Wildman–Crippen MR) is 87.0 cm³/mol. The Hall–Kier alpha value is -1.86. The fourth-order valence-corrected chi connectivity index (χ4v) is 3.71. The molecule has 0 spiro atoms. The van der Waals surface area contributed by atoms with Crippen molar-refractivity contribution in [2.45, 2.75) is 31.8 Å². The number of hydrogen-bond donors (Lipinski definition) is 1. The van der Waals surface area contributed by atoms with Gasteiger partial charge in [0, 0.05) is 5.41 Å². The maximum atomic E-state index is 11.8. The van der Waals surface area contributed by atoms with Gasteiger partial charge in [0.1, 0.15) is 5.60 Å². The fourth-order valence-electron chi connectivity index (χ4n) is 3.71. The summed E-state index contributed by atoms with van der Waals surface area (Å²) in [5.41, 5.74) is 1.73. The monoisotopic (exact) mass is 278 g/mol. The molecule has 0 saturated heterocycles. The van der Waals surface area contributed by atoms with Crippen LogP contribution in [0.2, 0.25) is 0 Å². The molecule has 0 atom stereocenters. The molecule has 1 fully saturated rings. The molecule has 1 nitrogen and oxygen atoms in total. The Bertz CT molecular complexity index is 584. The molecule has 3 rings (SSSR count). The minimum Gasteiger partial charge on any atom is -0.379 e. The van der Waals surface area contributed by atoms with Crippen LogP contribution in [0.4, 0.5) is 0 Å². The average Bonchev–Trinajstić information content (AvgIpc) is 2.47. The van der Waals surface area contributed by atoms with Crippen molar-refractivity contribution in [3.05, 3.63) is 83.9 Å².